The van der Waals surface area contributed by atoms with Gasteiger partial charge in [-0.1, -0.05) is 25.1 Å². The maximum absolute atomic E-state index is 12.1. The summed E-state index contributed by atoms with van der Waals surface area (Å²) in [5, 5.41) is 9.21. The van der Waals surface area contributed by atoms with E-state index in [1.54, 1.807) is 11.8 Å². The first-order valence-corrected chi connectivity index (χ1v) is 7.78. The lowest BCUT2D eigenvalue weighted by atomic mass is 10.0. The molecule has 1 aromatic carbocycles. The number of carbonyl (C=O) groups is 2. The fourth-order valence-electron chi connectivity index (χ4n) is 2.52. The summed E-state index contributed by atoms with van der Waals surface area (Å²) in [6.45, 7) is 2.46. The summed E-state index contributed by atoms with van der Waals surface area (Å²) in [6, 6.07) is 9.25. The molecule has 1 aliphatic rings. The van der Waals surface area contributed by atoms with Crippen LogP contribution in [0.2, 0.25) is 0 Å². The van der Waals surface area contributed by atoms with Crippen LogP contribution in [0.1, 0.15) is 19.8 Å². The highest BCUT2D eigenvalue weighted by atomic mass is 32.2. The molecular weight excluding hydrogens is 274 g/mol. The predicted molar refractivity (Wildman–Crippen MR) is 78.7 cm³/mol. The number of aliphatic carboxylic acids is 1. The normalized spacial score (nSPS) is 21.9. The fraction of sp³-hybridized carbons (Fsp3) is 0.467. The van der Waals surface area contributed by atoms with Gasteiger partial charge in [-0.2, -0.15) is 0 Å². The lowest BCUT2D eigenvalue weighted by molar-refractivity contribution is -0.149. The van der Waals surface area contributed by atoms with Crippen molar-refractivity contribution in [1.29, 1.82) is 0 Å². The second kappa shape index (κ2) is 6.79. The summed E-state index contributed by atoms with van der Waals surface area (Å²) in [5.74, 6) is -0.220. The Morgan fingerprint density at radius 2 is 2.05 bits per heavy atom. The van der Waals surface area contributed by atoms with Crippen molar-refractivity contribution in [2.24, 2.45) is 5.92 Å². The zero-order valence-electron chi connectivity index (χ0n) is 11.5. The van der Waals surface area contributed by atoms with Crippen LogP contribution in [0.3, 0.4) is 0 Å². The van der Waals surface area contributed by atoms with E-state index in [9.17, 15) is 14.7 Å². The van der Waals surface area contributed by atoms with Crippen LogP contribution in [-0.2, 0) is 9.59 Å². The Bertz CT molecular complexity index is 477. The molecule has 1 heterocycles. The third-order valence-electron chi connectivity index (χ3n) is 3.60. The molecule has 0 radical (unpaired) electrons. The minimum Gasteiger partial charge on any atom is -0.480 e. The Labute approximate surface area is 123 Å². The molecule has 0 bridgehead atoms. The summed E-state index contributed by atoms with van der Waals surface area (Å²) in [4.78, 5) is 26.0. The van der Waals surface area contributed by atoms with Gasteiger partial charge in [-0.25, -0.2) is 4.79 Å². The van der Waals surface area contributed by atoms with Gasteiger partial charge in [0.2, 0.25) is 5.91 Å². The van der Waals surface area contributed by atoms with Crippen LogP contribution in [0, 0.1) is 5.92 Å². The van der Waals surface area contributed by atoms with Crippen LogP contribution in [0.15, 0.2) is 35.2 Å². The molecule has 1 aromatic rings. The Morgan fingerprint density at radius 3 is 2.70 bits per heavy atom. The Morgan fingerprint density at radius 1 is 1.35 bits per heavy atom. The number of nitrogens with zero attached hydrogens (tertiary/aromatic N) is 1. The lowest BCUT2D eigenvalue weighted by Crippen LogP contribution is -2.42. The SMILES string of the molecule is CC1CCN(C(=O)CCSc2ccccc2)C1C(=O)O. The number of carbonyl (C=O) groups excluding carboxylic acids is 1. The summed E-state index contributed by atoms with van der Waals surface area (Å²) < 4.78 is 0. The van der Waals surface area contributed by atoms with Crippen molar-refractivity contribution >= 4 is 23.6 Å². The topological polar surface area (TPSA) is 57.6 Å². The van der Waals surface area contributed by atoms with Gasteiger partial charge in [-0.05, 0) is 24.5 Å². The molecule has 2 atom stereocenters. The molecule has 1 saturated heterocycles. The molecule has 0 spiro atoms. The van der Waals surface area contributed by atoms with Crippen molar-refractivity contribution in [2.75, 3.05) is 12.3 Å². The highest BCUT2D eigenvalue weighted by molar-refractivity contribution is 7.99. The van der Waals surface area contributed by atoms with Gasteiger partial charge in [0.25, 0.3) is 0 Å². The molecular formula is C15H19NO3S. The van der Waals surface area contributed by atoms with Crippen LogP contribution in [0.4, 0.5) is 0 Å². The molecule has 5 heteroatoms. The van der Waals surface area contributed by atoms with Gasteiger partial charge in [0.1, 0.15) is 6.04 Å². The van der Waals surface area contributed by atoms with Crippen molar-refractivity contribution < 1.29 is 14.7 Å². The van der Waals surface area contributed by atoms with E-state index in [2.05, 4.69) is 0 Å². The van der Waals surface area contributed by atoms with E-state index in [1.807, 2.05) is 37.3 Å². The lowest BCUT2D eigenvalue weighted by Gasteiger charge is -2.23. The van der Waals surface area contributed by atoms with Gasteiger partial charge in [0, 0.05) is 23.6 Å². The van der Waals surface area contributed by atoms with Crippen molar-refractivity contribution in [3.63, 3.8) is 0 Å². The van der Waals surface area contributed by atoms with Crippen molar-refractivity contribution in [3.8, 4) is 0 Å². The van der Waals surface area contributed by atoms with Gasteiger partial charge in [-0.3, -0.25) is 4.79 Å². The number of hydrogen-bond acceptors (Lipinski definition) is 3. The maximum atomic E-state index is 12.1. The molecule has 1 fully saturated rings. The van der Waals surface area contributed by atoms with Crippen LogP contribution in [0.25, 0.3) is 0 Å². The number of carboxylic acid groups (broad SMARTS) is 1. The number of carboxylic acids is 1. The Balaban J connectivity index is 1.84. The zero-order chi connectivity index (χ0) is 14.5. The molecule has 0 aromatic heterocycles. The fourth-order valence-corrected chi connectivity index (χ4v) is 3.38. The number of hydrogen-bond donors (Lipinski definition) is 1. The average Bonchev–Trinajstić information content (AvgIpc) is 2.82. The molecule has 0 aliphatic carbocycles. The highest BCUT2D eigenvalue weighted by Gasteiger charge is 2.38. The molecule has 1 aliphatic heterocycles. The molecule has 1 amide bonds. The van der Waals surface area contributed by atoms with E-state index in [4.69, 9.17) is 0 Å². The smallest absolute Gasteiger partial charge is 0.326 e. The van der Waals surface area contributed by atoms with Gasteiger partial charge >= 0.3 is 5.97 Å². The molecule has 20 heavy (non-hydrogen) atoms. The summed E-state index contributed by atoms with van der Waals surface area (Å²) in [6.07, 6.45) is 1.16. The van der Waals surface area contributed by atoms with Crippen LogP contribution in [-0.4, -0.2) is 40.2 Å². The van der Waals surface area contributed by atoms with Crippen LogP contribution >= 0.6 is 11.8 Å². The monoisotopic (exact) mass is 293 g/mol. The third kappa shape index (κ3) is 3.54. The highest BCUT2D eigenvalue weighted by Crippen LogP contribution is 2.26. The Kier molecular flexibility index (Phi) is 5.06. The average molecular weight is 293 g/mol. The van der Waals surface area contributed by atoms with E-state index in [0.29, 0.717) is 18.7 Å². The second-order valence-corrected chi connectivity index (χ2v) is 6.22. The number of amides is 1. The molecule has 1 N–H and O–H groups in total. The van der Waals surface area contributed by atoms with Gasteiger partial charge in [0.05, 0.1) is 0 Å². The van der Waals surface area contributed by atoms with Crippen molar-refractivity contribution in [2.45, 2.75) is 30.7 Å². The van der Waals surface area contributed by atoms with Gasteiger partial charge < -0.3 is 10.0 Å². The van der Waals surface area contributed by atoms with E-state index in [-0.39, 0.29) is 11.8 Å². The zero-order valence-corrected chi connectivity index (χ0v) is 12.3. The van der Waals surface area contributed by atoms with Gasteiger partial charge in [-0.15, -0.1) is 11.8 Å². The van der Waals surface area contributed by atoms with Crippen molar-refractivity contribution in [1.82, 2.24) is 4.90 Å². The number of benzene rings is 1. The van der Waals surface area contributed by atoms with E-state index in [0.717, 1.165) is 11.3 Å². The van der Waals surface area contributed by atoms with Gasteiger partial charge in [0.15, 0.2) is 0 Å². The predicted octanol–water partition coefficient (Wildman–Crippen LogP) is 2.49. The number of likely N-dealkylation sites (tertiary alicyclic amines) is 1. The summed E-state index contributed by atoms with van der Waals surface area (Å²) in [7, 11) is 0. The molecule has 0 saturated carbocycles. The number of thioether (sulfide) groups is 1. The quantitative estimate of drug-likeness (QED) is 0.847. The van der Waals surface area contributed by atoms with E-state index in [1.165, 1.54) is 4.90 Å². The Hall–Kier alpha value is -1.49. The first-order valence-electron chi connectivity index (χ1n) is 6.79. The van der Waals surface area contributed by atoms with E-state index < -0.39 is 12.0 Å². The standard InChI is InChI=1S/C15H19NO3S/c1-11-7-9-16(14(11)15(18)19)13(17)8-10-20-12-5-3-2-4-6-12/h2-6,11,14H,7-10H2,1H3,(H,18,19). The molecule has 108 valence electrons. The molecule has 2 unspecified atom stereocenters. The minimum absolute atomic E-state index is 0.0400. The first kappa shape index (κ1) is 14.9. The van der Waals surface area contributed by atoms with Crippen molar-refractivity contribution in [3.05, 3.63) is 30.3 Å². The summed E-state index contributed by atoms with van der Waals surface area (Å²) in [5.41, 5.74) is 0. The molecule has 4 nitrogen and oxygen atoms in total. The van der Waals surface area contributed by atoms with Crippen LogP contribution in [0.5, 0.6) is 0 Å². The summed E-state index contributed by atoms with van der Waals surface area (Å²) >= 11 is 1.62. The minimum atomic E-state index is -0.890. The number of rotatable bonds is 5. The largest absolute Gasteiger partial charge is 0.480 e. The van der Waals surface area contributed by atoms with E-state index >= 15 is 0 Å². The van der Waals surface area contributed by atoms with Crippen LogP contribution < -0.4 is 0 Å². The second-order valence-electron chi connectivity index (χ2n) is 5.05. The molecule has 2 rings (SSSR count). The maximum Gasteiger partial charge on any atom is 0.326 e. The first-order chi connectivity index (χ1) is 9.59. The third-order valence-corrected chi connectivity index (χ3v) is 4.62.